The largest absolute Gasteiger partial charge is 0.468 e. The van der Waals surface area contributed by atoms with E-state index in [1.54, 1.807) is 12.2 Å². The second-order valence-electron chi connectivity index (χ2n) is 4.65. The molecule has 0 amide bonds. The molecule has 5 nitrogen and oxygen atoms in total. The van der Waals surface area contributed by atoms with Crippen molar-refractivity contribution in [2.24, 2.45) is 10.4 Å². The minimum Gasteiger partial charge on any atom is -0.468 e. The Kier molecular flexibility index (Phi) is 5.67. The van der Waals surface area contributed by atoms with Crippen LogP contribution in [-0.4, -0.2) is 37.9 Å². The Bertz CT molecular complexity index is 423. The van der Waals surface area contributed by atoms with Crippen molar-refractivity contribution >= 4 is 17.7 Å². The summed E-state index contributed by atoms with van der Waals surface area (Å²) >= 11 is 0. The standard InChI is InChI=1S/C15H21NO4/c1-5-7-8-9-12-15(13(17)19-3,14(18)20-4)10-11(6-2)16-12/h5-6,11H,1-2,7-10H2,3-4H3. The lowest BCUT2D eigenvalue weighted by molar-refractivity contribution is -0.163. The van der Waals surface area contributed by atoms with Gasteiger partial charge >= 0.3 is 11.9 Å². The van der Waals surface area contributed by atoms with Crippen molar-refractivity contribution in [1.82, 2.24) is 0 Å². The van der Waals surface area contributed by atoms with E-state index in [-0.39, 0.29) is 12.5 Å². The van der Waals surface area contributed by atoms with Crippen LogP contribution in [0, 0.1) is 5.41 Å². The van der Waals surface area contributed by atoms with E-state index in [0.717, 1.165) is 12.8 Å². The highest BCUT2D eigenvalue weighted by atomic mass is 16.5. The number of unbranched alkanes of at least 4 members (excludes halogenated alkanes) is 1. The number of carbonyl (C=O) groups excluding carboxylic acids is 2. The molecule has 20 heavy (non-hydrogen) atoms. The van der Waals surface area contributed by atoms with Gasteiger partial charge in [0.05, 0.1) is 20.3 Å². The predicted molar refractivity (Wildman–Crippen MR) is 76.6 cm³/mol. The van der Waals surface area contributed by atoms with E-state index < -0.39 is 17.4 Å². The van der Waals surface area contributed by atoms with Crippen LogP contribution in [0.4, 0.5) is 0 Å². The minimum absolute atomic E-state index is 0.221. The average molecular weight is 279 g/mol. The first-order valence-corrected chi connectivity index (χ1v) is 6.54. The van der Waals surface area contributed by atoms with Crippen LogP contribution in [0.5, 0.6) is 0 Å². The van der Waals surface area contributed by atoms with Gasteiger partial charge in [0, 0.05) is 12.1 Å². The molecule has 1 atom stereocenters. The molecule has 1 unspecified atom stereocenters. The third-order valence-electron chi connectivity index (χ3n) is 3.49. The van der Waals surface area contributed by atoms with Crippen LogP contribution in [-0.2, 0) is 19.1 Å². The summed E-state index contributed by atoms with van der Waals surface area (Å²) in [4.78, 5) is 28.8. The van der Waals surface area contributed by atoms with Gasteiger partial charge in [-0.3, -0.25) is 14.6 Å². The Morgan fingerprint density at radius 2 is 1.95 bits per heavy atom. The van der Waals surface area contributed by atoms with Crippen molar-refractivity contribution in [2.75, 3.05) is 14.2 Å². The molecule has 0 saturated heterocycles. The number of methoxy groups -OCH3 is 2. The number of aliphatic imine (C=N–C) groups is 1. The molecule has 0 saturated carbocycles. The maximum Gasteiger partial charge on any atom is 0.329 e. The van der Waals surface area contributed by atoms with Crippen molar-refractivity contribution in [3.05, 3.63) is 25.3 Å². The van der Waals surface area contributed by atoms with Crippen molar-refractivity contribution in [2.45, 2.75) is 31.7 Å². The maximum absolute atomic E-state index is 12.2. The predicted octanol–water partition coefficient (Wildman–Crippen LogP) is 2.07. The van der Waals surface area contributed by atoms with Crippen molar-refractivity contribution in [1.29, 1.82) is 0 Å². The zero-order valence-corrected chi connectivity index (χ0v) is 12.1. The van der Waals surface area contributed by atoms with E-state index in [9.17, 15) is 9.59 Å². The van der Waals surface area contributed by atoms with Gasteiger partial charge < -0.3 is 9.47 Å². The number of hydrogen-bond acceptors (Lipinski definition) is 5. The summed E-state index contributed by atoms with van der Waals surface area (Å²) in [5, 5.41) is 0. The zero-order valence-electron chi connectivity index (χ0n) is 12.1. The second kappa shape index (κ2) is 7.03. The normalized spacial score (nSPS) is 19.9. The molecule has 1 rings (SSSR count). The third kappa shape index (κ3) is 2.81. The van der Waals surface area contributed by atoms with E-state index in [1.807, 2.05) is 0 Å². The Labute approximate surface area is 119 Å². The molecule has 0 bridgehead atoms. The highest BCUT2D eigenvalue weighted by Gasteiger charge is 2.56. The SMILES string of the molecule is C=CCCCC1=NC(C=C)CC1(C(=O)OC)C(=O)OC. The van der Waals surface area contributed by atoms with Gasteiger partial charge in [-0.25, -0.2) is 0 Å². The van der Waals surface area contributed by atoms with E-state index in [1.165, 1.54) is 14.2 Å². The number of allylic oxidation sites excluding steroid dienone is 1. The van der Waals surface area contributed by atoms with E-state index in [0.29, 0.717) is 12.1 Å². The van der Waals surface area contributed by atoms with Crippen LogP contribution in [0.2, 0.25) is 0 Å². The first kappa shape index (κ1) is 16.1. The molecular formula is C15H21NO4. The maximum atomic E-state index is 12.2. The molecule has 1 aliphatic rings. The summed E-state index contributed by atoms with van der Waals surface area (Å²) in [6, 6.07) is -0.271. The molecule has 0 N–H and O–H groups in total. The molecule has 0 aromatic heterocycles. The van der Waals surface area contributed by atoms with Crippen molar-refractivity contribution < 1.29 is 19.1 Å². The van der Waals surface area contributed by atoms with Gasteiger partial charge in [-0.1, -0.05) is 12.2 Å². The summed E-state index contributed by atoms with van der Waals surface area (Å²) in [5.74, 6) is -1.24. The number of hydrogen-bond donors (Lipinski definition) is 0. The number of esters is 2. The van der Waals surface area contributed by atoms with Gasteiger partial charge in [0.2, 0.25) is 5.41 Å². The third-order valence-corrected chi connectivity index (χ3v) is 3.49. The Hall–Kier alpha value is -1.91. The molecule has 110 valence electrons. The quantitative estimate of drug-likeness (QED) is 0.310. The van der Waals surface area contributed by atoms with Gasteiger partial charge in [0.25, 0.3) is 0 Å². The van der Waals surface area contributed by atoms with Crippen LogP contribution < -0.4 is 0 Å². The fraction of sp³-hybridized carbons (Fsp3) is 0.533. The smallest absolute Gasteiger partial charge is 0.329 e. The minimum atomic E-state index is -1.43. The van der Waals surface area contributed by atoms with Crippen LogP contribution in [0.25, 0.3) is 0 Å². The van der Waals surface area contributed by atoms with E-state index in [4.69, 9.17) is 9.47 Å². The first-order valence-electron chi connectivity index (χ1n) is 6.54. The highest BCUT2D eigenvalue weighted by Crippen LogP contribution is 2.38. The van der Waals surface area contributed by atoms with Gasteiger partial charge in [0.15, 0.2) is 0 Å². The summed E-state index contributed by atoms with van der Waals surface area (Å²) in [6.45, 7) is 7.34. The summed E-state index contributed by atoms with van der Waals surface area (Å²) in [5.41, 5.74) is -0.910. The molecule has 0 spiro atoms. The van der Waals surface area contributed by atoms with Gasteiger partial charge in [-0.15, -0.1) is 13.2 Å². The number of nitrogens with zero attached hydrogens (tertiary/aromatic N) is 1. The molecular weight excluding hydrogens is 258 g/mol. The zero-order chi connectivity index (χ0) is 15.2. The Morgan fingerprint density at radius 1 is 1.35 bits per heavy atom. The lowest BCUT2D eigenvalue weighted by Crippen LogP contribution is -2.46. The molecule has 1 aliphatic heterocycles. The van der Waals surface area contributed by atoms with Crippen LogP contribution >= 0.6 is 0 Å². The molecule has 0 aromatic rings. The average Bonchev–Trinajstić information content (AvgIpc) is 2.85. The van der Waals surface area contributed by atoms with E-state index >= 15 is 0 Å². The molecule has 0 radical (unpaired) electrons. The number of rotatable bonds is 7. The Morgan fingerprint density at radius 3 is 2.40 bits per heavy atom. The summed E-state index contributed by atoms with van der Waals surface area (Å²) in [7, 11) is 2.52. The molecule has 5 heteroatoms. The van der Waals surface area contributed by atoms with Gasteiger partial charge in [-0.2, -0.15) is 0 Å². The van der Waals surface area contributed by atoms with Crippen LogP contribution in [0.15, 0.2) is 30.3 Å². The fourth-order valence-corrected chi connectivity index (χ4v) is 2.45. The lowest BCUT2D eigenvalue weighted by atomic mass is 9.78. The topological polar surface area (TPSA) is 65.0 Å². The number of ether oxygens (including phenoxy) is 2. The Balaban J connectivity index is 3.14. The fourth-order valence-electron chi connectivity index (χ4n) is 2.45. The van der Waals surface area contributed by atoms with Gasteiger partial charge in [0.1, 0.15) is 0 Å². The molecule has 0 aliphatic carbocycles. The summed E-state index contributed by atoms with van der Waals surface area (Å²) < 4.78 is 9.63. The molecule has 1 heterocycles. The summed E-state index contributed by atoms with van der Waals surface area (Å²) in [6.07, 6.45) is 5.72. The van der Waals surface area contributed by atoms with Crippen LogP contribution in [0.1, 0.15) is 25.7 Å². The van der Waals surface area contributed by atoms with Crippen molar-refractivity contribution in [3.63, 3.8) is 0 Å². The van der Waals surface area contributed by atoms with Crippen LogP contribution in [0.3, 0.4) is 0 Å². The van der Waals surface area contributed by atoms with E-state index in [2.05, 4.69) is 18.2 Å². The number of carbonyl (C=O) groups is 2. The molecule has 0 fully saturated rings. The highest BCUT2D eigenvalue weighted by molar-refractivity contribution is 6.23. The van der Waals surface area contributed by atoms with Gasteiger partial charge in [-0.05, 0) is 19.3 Å². The second-order valence-corrected chi connectivity index (χ2v) is 4.65. The lowest BCUT2D eigenvalue weighted by Gasteiger charge is -2.25. The van der Waals surface area contributed by atoms with Crippen molar-refractivity contribution in [3.8, 4) is 0 Å². The first-order chi connectivity index (χ1) is 9.56. The monoisotopic (exact) mass is 279 g/mol. The molecule has 0 aromatic carbocycles.